The van der Waals surface area contributed by atoms with Crippen LogP contribution in [0.1, 0.15) is 50.7 Å². The summed E-state index contributed by atoms with van der Waals surface area (Å²) in [5, 5.41) is 3.91. The first-order valence-corrected chi connectivity index (χ1v) is 9.95. The maximum atomic E-state index is 11.9. The van der Waals surface area contributed by atoms with Crippen LogP contribution in [0.5, 0.6) is 11.5 Å². The van der Waals surface area contributed by atoms with Crippen LogP contribution in [-0.2, 0) is 16.0 Å². The van der Waals surface area contributed by atoms with Crippen molar-refractivity contribution in [1.82, 2.24) is 5.43 Å². The summed E-state index contributed by atoms with van der Waals surface area (Å²) in [5.74, 6) is 0.323. The molecule has 0 aliphatic rings. The molecule has 2 aromatic rings. The molecule has 0 fully saturated rings. The van der Waals surface area contributed by atoms with Crippen molar-refractivity contribution in [3.05, 3.63) is 59.7 Å². The molecule has 0 bridgehead atoms. The fourth-order valence-corrected chi connectivity index (χ4v) is 2.56. The molecule has 0 unspecified atom stereocenters. The fourth-order valence-electron chi connectivity index (χ4n) is 2.56. The van der Waals surface area contributed by atoms with Gasteiger partial charge in [-0.15, -0.1) is 0 Å². The van der Waals surface area contributed by atoms with Crippen LogP contribution >= 0.6 is 0 Å². The number of amides is 1. The zero-order chi connectivity index (χ0) is 20.9. The molecule has 2 rings (SSSR count). The Morgan fingerprint density at radius 1 is 1.03 bits per heavy atom. The molecule has 6 heteroatoms. The molecule has 0 spiro atoms. The van der Waals surface area contributed by atoms with Gasteiger partial charge in [-0.05, 0) is 42.7 Å². The second-order valence-corrected chi connectivity index (χ2v) is 6.55. The minimum Gasteiger partial charge on any atom is -0.484 e. The van der Waals surface area contributed by atoms with Crippen molar-refractivity contribution in [2.75, 3.05) is 6.61 Å². The zero-order valence-electron chi connectivity index (χ0n) is 17.0. The van der Waals surface area contributed by atoms with Crippen molar-refractivity contribution in [3.63, 3.8) is 0 Å². The molecule has 0 aliphatic heterocycles. The summed E-state index contributed by atoms with van der Waals surface area (Å²) in [6.45, 7) is 3.77. The maximum absolute atomic E-state index is 11.9. The summed E-state index contributed by atoms with van der Waals surface area (Å²) in [5.41, 5.74) is 4.26. The Bertz CT molecular complexity index is 816. The van der Waals surface area contributed by atoms with Crippen molar-refractivity contribution in [3.8, 4) is 11.5 Å². The minimum atomic E-state index is -0.378. The first-order chi connectivity index (χ1) is 14.1. The van der Waals surface area contributed by atoms with Gasteiger partial charge >= 0.3 is 5.97 Å². The minimum absolute atomic E-state index is 0.140. The lowest BCUT2D eigenvalue weighted by Crippen LogP contribution is -2.24. The number of nitrogens with zero attached hydrogens (tertiary/aromatic N) is 1. The highest BCUT2D eigenvalue weighted by atomic mass is 16.5. The Labute approximate surface area is 171 Å². The van der Waals surface area contributed by atoms with Crippen molar-refractivity contribution in [2.45, 2.75) is 46.0 Å². The van der Waals surface area contributed by atoms with E-state index in [2.05, 4.69) is 17.5 Å². The molecule has 1 N–H and O–H groups in total. The largest absolute Gasteiger partial charge is 0.484 e. The summed E-state index contributed by atoms with van der Waals surface area (Å²) >= 11 is 0. The van der Waals surface area contributed by atoms with Crippen LogP contribution in [0.4, 0.5) is 0 Å². The van der Waals surface area contributed by atoms with E-state index < -0.39 is 0 Å². The second-order valence-electron chi connectivity index (χ2n) is 6.55. The fraction of sp³-hybridized carbons (Fsp3) is 0.348. The SMILES string of the molecule is CCCCCc1ccc(OCC(=O)N/N=C\c2ccccc2OC(=O)CC)cc1. The molecule has 2 aromatic carbocycles. The van der Waals surface area contributed by atoms with Crippen LogP contribution in [0.25, 0.3) is 0 Å². The third-order valence-electron chi connectivity index (χ3n) is 4.19. The first-order valence-electron chi connectivity index (χ1n) is 9.95. The van der Waals surface area contributed by atoms with Gasteiger partial charge in [-0.2, -0.15) is 5.10 Å². The third kappa shape index (κ3) is 8.17. The number of rotatable bonds is 11. The van der Waals surface area contributed by atoms with Gasteiger partial charge in [0.1, 0.15) is 11.5 Å². The van der Waals surface area contributed by atoms with Gasteiger partial charge in [-0.1, -0.05) is 51.0 Å². The number of hydrazone groups is 1. The molecule has 0 radical (unpaired) electrons. The molecule has 6 nitrogen and oxygen atoms in total. The summed E-state index contributed by atoms with van der Waals surface area (Å²) in [4.78, 5) is 23.4. The van der Waals surface area contributed by atoms with Crippen LogP contribution < -0.4 is 14.9 Å². The number of esters is 1. The van der Waals surface area contributed by atoms with Crippen LogP contribution in [0.15, 0.2) is 53.6 Å². The Balaban J connectivity index is 1.79. The summed E-state index contributed by atoms with van der Waals surface area (Å²) in [6.07, 6.45) is 6.37. The van der Waals surface area contributed by atoms with E-state index in [-0.39, 0.29) is 24.9 Å². The highest BCUT2D eigenvalue weighted by Gasteiger charge is 2.06. The predicted octanol–water partition coefficient (Wildman–Crippen LogP) is 4.26. The summed E-state index contributed by atoms with van der Waals surface area (Å²) in [7, 11) is 0. The van der Waals surface area contributed by atoms with Gasteiger partial charge in [0.15, 0.2) is 6.61 Å². The number of unbranched alkanes of at least 4 members (excludes halogenated alkanes) is 2. The van der Waals surface area contributed by atoms with E-state index >= 15 is 0 Å². The van der Waals surface area contributed by atoms with Gasteiger partial charge in [0.2, 0.25) is 0 Å². The average molecular weight is 396 g/mol. The second kappa shape index (κ2) is 12.3. The first kappa shape index (κ1) is 22.1. The lowest BCUT2D eigenvalue weighted by atomic mass is 10.1. The molecular formula is C23H28N2O4. The highest BCUT2D eigenvalue weighted by molar-refractivity contribution is 5.87. The van der Waals surface area contributed by atoms with Crippen molar-refractivity contribution in [1.29, 1.82) is 0 Å². The quantitative estimate of drug-likeness (QED) is 0.202. The molecule has 154 valence electrons. The number of benzene rings is 2. The zero-order valence-corrected chi connectivity index (χ0v) is 17.0. The van der Waals surface area contributed by atoms with Gasteiger partial charge in [0.05, 0.1) is 6.21 Å². The molecule has 1 amide bonds. The van der Waals surface area contributed by atoms with Crippen LogP contribution in [0, 0.1) is 0 Å². The summed E-state index contributed by atoms with van der Waals surface area (Å²) < 4.78 is 10.7. The van der Waals surface area contributed by atoms with Gasteiger partial charge < -0.3 is 9.47 Å². The van der Waals surface area contributed by atoms with Crippen molar-refractivity contribution >= 4 is 18.1 Å². The molecule has 0 saturated heterocycles. The molecule has 0 aromatic heterocycles. The lowest BCUT2D eigenvalue weighted by Gasteiger charge is -2.07. The number of nitrogens with one attached hydrogen (secondary N) is 1. The van der Waals surface area contributed by atoms with E-state index in [0.29, 0.717) is 17.1 Å². The Morgan fingerprint density at radius 3 is 2.52 bits per heavy atom. The van der Waals surface area contributed by atoms with E-state index in [1.54, 1.807) is 31.2 Å². The average Bonchev–Trinajstić information content (AvgIpc) is 2.74. The number of carbonyl (C=O) groups excluding carboxylic acids is 2. The van der Waals surface area contributed by atoms with Gasteiger partial charge in [-0.25, -0.2) is 5.43 Å². The van der Waals surface area contributed by atoms with E-state index in [1.807, 2.05) is 24.3 Å². The highest BCUT2D eigenvalue weighted by Crippen LogP contribution is 2.16. The van der Waals surface area contributed by atoms with E-state index in [4.69, 9.17) is 9.47 Å². The third-order valence-corrected chi connectivity index (χ3v) is 4.19. The molecule has 0 atom stereocenters. The number of ether oxygens (including phenoxy) is 2. The van der Waals surface area contributed by atoms with Gasteiger partial charge in [-0.3, -0.25) is 9.59 Å². The van der Waals surface area contributed by atoms with Gasteiger partial charge in [0, 0.05) is 12.0 Å². The van der Waals surface area contributed by atoms with Gasteiger partial charge in [0.25, 0.3) is 5.91 Å². The van der Waals surface area contributed by atoms with E-state index in [9.17, 15) is 9.59 Å². The number of aryl methyl sites for hydroxylation is 1. The van der Waals surface area contributed by atoms with E-state index in [1.165, 1.54) is 31.0 Å². The summed E-state index contributed by atoms with van der Waals surface area (Å²) in [6, 6.07) is 14.8. The smallest absolute Gasteiger partial charge is 0.310 e. The number of carbonyl (C=O) groups is 2. The Morgan fingerprint density at radius 2 is 1.79 bits per heavy atom. The van der Waals surface area contributed by atoms with Crippen LogP contribution in [-0.4, -0.2) is 24.7 Å². The van der Waals surface area contributed by atoms with E-state index in [0.717, 1.165) is 6.42 Å². The van der Waals surface area contributed by atoms with Crippen molar-refractivity contribution < 1.29 is 19.1 Å². The molecule has 29 heavy (non-hydrogen) atoms. The monoisotopic (exact) mass is 396 g/mol. The number of hydrogen-bond donors (Lipinski definition) is 1. The molecular weight excluding hydrogens is 368 g/mol. The predicted molar refractivity (Wildman–Crippen MR) is 113 cm³/mol. The molecule has 0 aliphatic carbocycles. The normalized spacial score (nSPS) is 10.7. The Hall–Kier alpha value is -3.15. The van der Waals surface area contributed by atoms with Crippen LogP contribution in [0.2, 0.25) is 0 Å². The maximum Gasteiger partial charge on any atom is 0.310 e. The Kier molecular flexibility index (Phi) is 9.42. The number of para-hydroxylation sites is 1. The molecule has 0 saturated carbocycles. The van der Waals surface area contributed by atoms with Crippen molar-refractivity contribution in [2.24, 2.45) is 5.10 Å². The number of hydrogen-bond acceptors (Lipinski definition) is 5. The standard InChI is InChI=1S/C23H28N2O4/c1-3-5-6-9-18-12-14-20(15-13-18)28-17-22(26)25-24-16-19-10-7-8-11-21(19)29-23(27)4-2/h7-8,10-16H,3-6,9,17H2,1-2H3,(H,25,26)/b24-16-. The molecule has 0 heterocycles. The topological polar surface area (TPSA) is 77.0 Å². The lowest BCUT2D eigenvalue weighted by molar-refractivity contribution is -0.134. The van der Waals surface area contributed by atoms with Crippen LogP contribution in [0.3, 0.4) is 0 Å².